The van der Waals surface area contributed by atoms with Gasteiger partial charge in [0.25, 0.3) is 0 Å². The smallest absolute Gasteiger partial charge is 0.214 e. The van der Waals surface area contributed by atoms with Crippen LogP contribution < -0.4 is 11.5 Å². The summed E-state index contributed by atoms with van der Waals surface area (Å²) >= 11 is 0. The second kappa shape index (κ2) is 18.0. The number of hydrogen-bond acceptors (Lipinski definition) is 13. The van der Waals surface area contributed by atoms with E-state index in [0.29, 0.717) is 62.4 Å². The second-order valence-electron chi connectivity index (χ2n) is 10.1. The van der Waals surface area contributed by atoms with Crippen molar-refractivity contribution in [3.63, 3.8) is 0 Å². The quantitative estimate of drug-likeness (QED) is 0.0873. The monoisotopic (exact) mass is 666 g/mol. The number of aliphatic hydroxyl groups is 2. The number of allylic oxidation sites excluding steroid dienone is 2. The number of aromatic nitrogens is 4. The van der Waals surface area contributed by atoms with Gasteiger partial charge >= 0.3 is 0 Å². The molecule has 0 unspecified atom stereocenters. The van der Waals surface area contributed by atoms with Crippen LogP contribution in [-0.4, -0.2) is 71.8 Å². The van der Waals surface area contributed by atoms with Gasteiger partial charge in [-0.1, -0.05) is 51.9 Å². The molecule has 13 nitrogen and oxygen atoms in total. The molecule has 0 aliphatic rings. The van der Waals surface area contributed by atoms with Crippen LogP contribution in [0, 0.1) is 13.8 Å². The van der Waals surface area contributed by atoms with Crippen LogP contribution in [0.1, 0.15) is 59.3 Å². The lowest BCUT2D eigenvalue weighted by Crippen LogP contribution is -2.25. The molecule has 3 rings (SSSR count). The number of nitrogens with two attached hydrogens (primary N) is 2. The molecule has 0 spiro atoms. The van der Waals surface area contributed by atoms with Crippen LogP contribution in [0.2, 0.25) is 0 Å². The van der Waals surface area contributed by atoms with Crippen molar-refractivity contribution in [1.82, 2.24) is 29.7 Å². The second-order valence-corrected chi connectivity index (χ2v) is 12.4. The molecule has 6 N–H and O–H groups in total. The molecule has 0 fully saturated rings. The maximum Gasteiger partial charge on any atom is 0.214 e. The fourth-order valence-electron chi connectivity index (χ4n) is 4.29. The van der Waals surface area contributed by atoms with Crippen LogP contribution in [0.15, 0.2) is 63.9 Å². The van der Waals surface area contributed by atoms with Crippen molar-refractivity contribution >= 4 is 51.8 Å². The van der Waals surface area contributed by atoms with Crippen LogP contribution in [-0.2, 0) is 22.7 Å². The van der Waals surface area contributed by atoms with E-state index in [9.17, 15) is 24.6 Å². The minimum atomic E-state index is -0.264. The summed E-state index contributed by atoms with van der Waals surface area (Å²) in [5.74, 6) is 1.21. The molecule has 3 aromatic rings. The number of nitrogen functional groups attached to an aromatic ring is 2. The summed E-state index contributed by atoms with van der Waals surface area (Å²) in [6, 6.07) is 8.68. The Labute approximate surface area is 275 Å². The van der Waals surface area contributed by atoms with Crippen molar-refractivity contribution in [2.24, 2.45) is 0 Å². The van der Waals surface area contributed by atoms with Crippen LogP contribution in [0.25, 0.3) is 0 Å². The number of nitrogens with zero attached hydrogens (tertiary/aromatic N) is 6. The van der Waals surface area contributed by atoms with Crippen molar-refractivity contribution in [1.29, 1.82) is 0 Å². The molecule has 0 radical (unpaired) electrons. The van der Waals surface area contributed by atoms with Gasteiger partial charge in [0.05, 0.1) is 19.5 Å². The van der Waals surface area contributed by atoms with Crippen LogP contribution >= 0.6 is 21.6 Å². The molecular formula is C31H38N8O5S2. The first-order valence-electron chi connectivity index (χ1n) is 14.3. The lowest BCUT2D eigenvalue weighted by molar-refractivity contribution is -0.117. The average molecular weight is 667 g/mol. The van der Waals surface area contributed by atoms with Gasteiger partial charge in [0.2, 0.25) is 12.8 Å². The van der Waals surface area contributed by atoms with E-state index in [-0.39, 0.29) is 63.0 Å². The Kier molecular flexibility index (Phi) is 14.1. The van der Waals surface area contributed by atoms with Gasteiger partial charge in [-0.3, -0.25) is 14.4 Å². The normalized spacial score (nSPS) is 12.2. The van der Waals surface area contributed by atoms with Crippen molar-refractivity contribution in [2.75, 3.05) is 24.7 Å². The van der Waals surface area contributed by atoms with Gasteiger partial charge < -0.3 is 31.5 Å². The van der Waals surface area contributed by atoms with Gasteiger partial charge in [-0.15, -0.1) is 0 Å². The summed E-state index contributed by atoms with van der Waals surface area (Å²) in [6.45, 7) is 4.79. The van der Waals surface area contributed by atoms with Crippen molar-refractivity contribution < 1.29 is 24.6 Å². The number of ketones is 1. The number of anilines is 2. The third-order valence-corrected chi connectivity index (χ3v) is 9.70. The third kappa shape index (κ3) is 10.1. The van der Waals surface area contributed by atoms with Crippen molar-refractivity contribution in [3.05, 3.63) is 92.3 Å². The number of Topliss-reactive ketones (excluding diaryl/α,β-unsaturated/α-hetero) is 1. The van der Waals surface area contributed by atoms with Gasteiger partial charge in [-0.05, 0) is 20.8 Å². The van der Waals surface area contributed by atoms with Gasteiger partial charge in [-0.25, -0.2) is 19.9 Å². The number of benzene rings is 1. The highest BCUT2D eigenvalue weighted by molar-refractivity contribution is 8.79. The number of aryl methyl sites for hydroxylation is 2. The SMILES string of the molecule is CC(=C(CCO)SSC(CCO)=C(CC(=O)c1ccccc1)N(C=O)Cc1cnc(C)nc1N)N(C=O)Cc1cnc(C)nc1N. The summed E-state index contributed by atoms with van der Waals surface area (Å²) in [6.07, 6.45) is 4.55. The summed E-state index contributed by atoms with van der Waals surface area (Å²) in [5, 5.41) is 19.9. The Hall–Kier alpha value is -4.31. The maximum absolute atomic E-state index is 13.4. The van der Waals surface area contributed by atoms with Gasteiger partial charge in [0, 0.05) is 76.3 Å². The van der Waals surface area contributed by atoms with Crippen LogP contribution in [0.3, 0.4) is 0 Å². The highest BCUT2D eigenvalue weighted by Crippen LogP contribution is 2.43. The molecule has 2 amide bonds. The van der Waals surface area contributed by atoms with Crippen molar-refractivity contribution in [2.45, 2.75) is 53.1 Å². The standard InChI is InChI=1S/C31H38N8O5S2/c1-20(38(18-42)16-24-14-34-21(2)36-30(24)32)28(9-11-40)45-46-29(10-12-41)26(13-27(44)23-7-5-4-6-8-23)39(19-43)17-25-15-35-22(3)37-31(25)33/h4-8,14-15,18-19,40-41H,9-13,16-17H2,1-3H3,(H2,32,34,36)(H2,33,35,37). The number of carbonyl (C=O) groups excluding carboxylic acids is 3. The van der Waals surface area contributed by atoms with Gasteiger partial charge in [-0.2, -0.15) is 0 Å². The number of aliphatic hydroxyl groups excluding tert-OH is 2. The molecule has 244 valence electrons. The van der Waals surface area contributed by atoms with Crippen LogP contribution in [0.5, 0.6) is 0 Å². The van der Waals surface area contributed by atoms with E-state index in [1.54, 1.807) is 57.3 Å². The molecule has 0 aliphatic heterocycles. The van der Waals surface area contributed by atoms with E-state index in [1.807, 2.05) is 0 Å². The third-order valence-electron chi connectivity index (χ3n) is 6.82. The zero-order valence-electron chi connectivity index (χ0n) is 25.9. The Morgan fingerprint density at radius 2 is 1.33 bits per heavy atom. The highest BCUT2D eigenvalue weighted by Gasteiger charge is 2.23. The molecule has 0 saturated heterocycles. The Morgan fingerprint density at radius 1 is 0.826 bits per heavy atom. The predicted molar refractivity (Wildman–Crippen MR) is 179 cm³/mol. The predicted octanol–water partition coefficient (Wildman–Crippen LogP) is 3.53. The van der Waals surface area contributed by atoms with Crippen LogP contribution in [0.4, 0.5) is 11.6 Å². The van der Waals surface area contributed by atoms with Gasteiger partial charge in [0.15, 0.2) is 5.78 Å². The van der Waals surface area contributed by atoms with E-state index in [2.05, 4.69) is 19.9 Å². The lowest BCUT2D eigenvalue weighted by atomic mass is 10.0. The molecule has 0 bridgehead atoms. The number of carbonyl (C=O) groups is 3. The lowest BCUT2D eigenvalue weighted by Gasteiger charge is -2.25. The average Bonchev–Trinajstić information content (AvgIpc) is 3.04. The first-order valence-corrected chi connectivity index (χ1v) is 16.4. The summed E-state index contributed by atoms with van der Waals surface area (Å²) < 4.78 is 0. The topological polar surface area (TPSA) is 202 Å². The molecule has 15 heteroatoms. The summed E-state index contributed by atoms with van der Waals surface area (Å²) in [7, 11) is 2.48. The first-order chi connectivity index (χ1) is 22.1. The molecule has 2 aromatic heterocycles. The fraction of sp³-hybridized carbons (Fsp3) is 0.323. The molecule has 0 atom stereocenters. The highest BCUT2D eigenvalue weighted by atomic mass is 33.1. The Balaban J connectivity index is 2.02. The summed E-state index contributed by atoms with van der Waals surface area (Å²) in [5.41, 5.74) is 14.6. The molecule has 0 aliphatic carbocycles. The first kappa shape index (κ1) is 36.2. The van der Waals surface area contributed by atoms with E-state index in [4.69, 9.17) is 11.5 Å². The van der Waals surface area contributed by atoms with Gasteiger partial charge in [0.1, 0.15) is 23.3 Å². The minimum absolute atomic E-state index is 0.00943. The number of hydrogen-bond donors (Lipinski definition) is 4. The molecule has 2 heterocycles. The fourth-order valence-corrected chi connectivity index (χ4v) is 7.11. The molecule has 0 saturated carbocycles. The zero-order chi connectivity index (χ0) is 33.6. The van der Waals surface area contributed by atoms with E-state index in [0.717, 1.165) is 0 Å². The molecule has 46 heavy (non-hydrogen) atoms. The number of amides is 2. The number of rotatable bonds is 18. The van der Waals surface area contributed by atoms with E-state index < -0.39 is 0 Å². The minimum Gasteiger partial charge on any atom is -0.396 e. The molecular weight excluding hydrogens is 629 g/mol. The van der Waals surface area contributed by atoms with E-state index >= 15 is 0 Å². The van der Waals surface area contributed by atoms with Crippen molar-refractivity contribution in [3.8, 4) is 0 Å². The summed E-state index contributed by atoms with van der Waals surface area (Å²) in [4.78, 5) is 58.9. The van der Waals surface area contributed by atoms with E-state index in [1.165, 1.54) is 37.6 Å². The molecule has 1 aromatic carbocycles. The Bertz CT molecular complexity index is 1590. The zero-order valence-corrected chi connectivity index (χ0v) is 27.6. The largest absolute Gasteiger partial charge is 0.396 e. The Morgan fingerprint density at radius 3 is 1.83 bits per heavy atom. The maximum atomic E-state index is 13.4.